The van der Waals surface area contributed by atoms with E-state index < -0.39 is 25.5 Å². The van der Waals surface area contributed by atoms with E-state index in [0.717, 1.165) is 10.9 Å². The third-order valence-corrected chi connectivity index (χ3v) is 3.81. The first-order valence-electron chi connectivity index (χ1n) is 4.65. The van der Waals surface area contributed by atoms with Gasteiger partial charge in [-0.1, -0.05) is 13.8 Å². The van der Waals surface area contributed by atoms with Crippen molar-refractivity contribution in [2.45, 2.75) is 18.9 Å². The van der Waals surface area contributed by atoms with Crippen molar-refractivity contribution in [2.75, 3.05) is 5.75 Å². The van der Waals surface area contributed by atoms with Gasteiger partial charge in [-0.05, 0) is 5.92 Å². The first kappa shape index (κ1) is 12.6. The minimum absolute atomic E-state index is 0.105. The summed E-state index contributed by atoms with van der Waals surface area (Å²) in [6.07, 6.45) is 1.09. The van der Waals surface area contributed by atoms with Crippen LogP contribution in [0.3, 0.4) is 0 Å². The molecular formula is C8H13N3O4S. The molecule has 0 radical (unpaired) electrons. The van der Waals surface area contributed by atoms with Crippen molar-refractivity contribution in [1.29, 1.82) is 0 Å². The molecule has 16 heavy (non-hydrogen) atoms. The molecule has 0 atom stereocenters. The highest BCUT2D eigenvalue weighted by molar-refractivity contribution is 7.91. The fourth-order valence-corrected chi connectivity index (χ4v) is 3.05. The number of nitrogens with zero attached hydrogens (tertiary/aromatic N) is 3. The predicted octanol–water partition coefficient (Wildman–Crippen LogP) is 0.758. The Morgan fingerprint density at radius 1 is 1.56 bits per heavy atom. The maximum absolute atomic E-state index is 11.8. The van der Waals surface area contributed by atoms with Gasteiger partial charge >= 0.3 is 5.69 Å². The molecule has 0 saturated carbocycles. The monoisotopic (exact) mass is 247 g/mol. The molecule has 0 spiro atoms. The van der Waals surface area contributed by atoms with Crippen molar-refractivity contribution in [3.05, 3.63) is 16.3 Å². The highest BCUT2D eigenvalue weighted by atomic mass is 32.2. The average molecular weight is 247 g/mol. The average Bonchev–Trinajstić information content (AvgIpc) is 2.45. The molecule has 0 saturated heterocycles. The highest BCUT2D eigenvalue weighted by Gasteiger charge is 2.30. The Labute approximate surface area is 93.1 Å². The molecule has 1 rings (SSSR count). The van der Waals surface area contributed by atoms with Gasteiger partial charge in [-0.15, -0.1) is 0 Å². The van der Waals surface area contributed by atoms with E-state index in [2.05, 4.69) is 5.10 Å². The van der Waals surface area contributed by atoms with E-state index in [0.29, 0.717) is 0 Å². The Hall–Kier alpha value is -1.44. The minimum atomic E-state index is -3.69. The Morgan fingerprint density at radius 2 is 2.12 bits per heavy atom. The van der Waals surface area contributed by atoms with Crippen molar-refractivity contribution >= 4 is 15.5 Å². The van der Waals surface area contributed by atoms with Crippen molar-refractivity contribution in [3.8, 4) is 0 Å². The lowest BCUT2D eigenvalue weighted by molar-refractivity contribution is -0.387. The molecule has 0 N–H and O–H groups in total. The maximum Gasteiger partial charge on any atom is 0.325 e. The van der Waals surface area contributed by atoms with Crippen LogP contribution >= 0.6 is 0 Å². The summed E-state index contributed by atoms with van der Waals surface area (Å²) in [5, 5.41) is 13.8. The zero-order valence-electron chi connectivity index (χ0n) is 9.24. The first-order valence-corrected chi connectivity index (χ1v) is 6.30. The summed E-state index contributed by atoms with van der Waals surface area (Å²) in [5.41, 5.74) is -0.469. The molecule has 1 aromatic heterocycles. The zero-order chi connectivity index (χ0) is 12.5. The van der Waals surface area contributed by atoms with Crippen LogP contribution in [-0.2, 0) is 16.9 Å². The summed E-state index contributed by atoms with van der Waals surface area (Å²) >= 11 is 0. The van der Waals surface area contributed by atoms with Crippen LogP contribution in [0.5, 0.6) is 0 Å². The first-order chi connectivity index (χ1) is 7.24. The molecule has 7 nitrogen and oxygen atoms in total. The van der Waals surface area contributed by atoms with Gasteiger partial charge in [-0.2, -0.15) is 5.10 Å². The van der Waals surface area contributed by atoms with Crippen molar-refractivity contribution in [2.24, 2.45) is 13.0 Å². The molecule has 0 amide bonds. The molecule has 0 aliphatic carbocycles. The van der Waals surface area contributed by atoms with Crippen LogP contribution in [0.15, 0.2) is 11.2 Å². The summed E-state index contributed by atoms with van der Waals surface area (Å²) in [7, 11) is -2.24. The van der Waals surface area contributed by atoms with Crippen LogP contribution in [0.4, 0.5) is 5.69 Å². The van der Waals surface area contributed by atoms with E-state index in [9.17, 15) is 18.5 Å². The number of rotatable bonds is 4. The molecule has 1 heterocycles. The van der Waals surface area contributed by atoms with Gasteiger partial charge in [-0.3, -0.25) is 14.8 Å². The third kappa shape index (κ3) is 2.57. The predicted molar refractivity (Wildman–Crippen MR) is 56.8 cm³/mol. The number of aryl methyl sites for hydroxylation is 1. The van der Waals surface area contributed by atoms with Gasteiger partial charge in [-0.25, -0.2) is 8.42 Å². The Morgan fingerprint density at radius 3 is 2.56 bits per heavy atom. The van der Waals surface area contributed by atoms with Crippen LogP contribution in [0.2, 0.25) is 0 Å². The quantitative estimate of drug-likeness (QED) is 0.578. The van der Waals surface area contributed by atoms with Crippen LogP contribution in [0.1, 0.15) is 13.8 Å². The van der Waals surface area contributed by atoms with Crippen LogP contribution in [-0.4, -0.2) is 28.9 Å². The summed E-state index contributed by atoms with van der Waals surface area (Å²) in [6.45, 7) is 3.46. The maximum atomic E-state index is 11.8. The molecule has 0 fully saturated rings. The Bertz CT molecular complexity index is 503. The zero-order valence-corrected chi connectivity index (χ0v) is 10.1. The fourth-order valence-electron chi connectivity index (χ4n) is 1.32. The SMILES string of the molecule is CC(C)CS(=O)(=O)c1nn(C)cc1[N+](=O)[O-]. The molecule has 0 unspecified atom stereocenters. The molecule has 0 aliphatic rings. The van der Waals surface area contributed by atoms with E-state index in [1.54, 1.807) is 13.8 Å². The van der Waals surface area contributed by atoms with Gasteiger partial charge in [0.15, 0.2) is 0 Å². The van der Waals surface area contributed by atoms with Gasteiger partial charge in [0.1, 0.15) is 6.20 Å². The molecule has 0 aliphatic heterocycles. The standard InChI is InChI=1S/C8H13N3O4S/c1-6(2)5-16(14,15)8-7(11(12)13)4-10(3)9-8/h4,6H,5H2,1-3H3. The van der Waals surface area contributed by atoms with Crippen LogP contribution < -0.4 is 0 Å². The molecule has 0 bridgehead atoms. The van der Waals surface area contributed by atoms with E-state index in [1.165, 1.54) is 7.05 Å². The van der Waals surface area contributed by atoms with Crippen LogP contribution in [0.25, 0.3) is 0 Å². The largest absolute Gasteiger partial charge is 0.325 e. The molecule has 90 valence electrons. The highest BCUT2D eigenvalue weighted by Crippen LogP contribution is 2.23. The van der Waals surface area contributed by atoms with Crippen molar-refractivity contribution in [3.63, 3.8) is 0 Å². The lowest BCUT2D eigenvalue weighted by Gasteiger charge is -2.03. The number of sulfone groups is 1. The topological polar surface area (TPSA) is 95.1 Å². The number of aromatic nitrogens is 2. The van der Waals surface area contributed by atoms with Crippen molar-refractivity contribution < 1.29 is 13.3 Å². The van der Waals surface area contributed by atoms with Gasteiger partial charge in [0.2, 0.25) is 9.84 Å². The van der Waals surface area contributed by atoms with E-state index >= 15 is 0 Å². The van der Waals surface area contributed by atoms with E-state index in [4.69, 9.17) is 0 Å². The van der Waals surface area contributed by atoms with Gasteiger partial charge in [0, 0.05) is 7.05 Å². The summed E-state index contributed by atoms with van der Waals surface area (Å²) in [4.78, 5) is 9.92. The second kappa shape index (κ2) is 4.20. The van der Waals surface area contributed by atoms with Gasteiger partial charge in [0.25, 0.3) is 5.03 Å². The molecule has 1 aromatic rings. The van der Waals surface area contributed by atoms with E-state index in [-0.39, 0.29) is 11.7 Å². The number of hydrogen-bond donors (Lipinski definition) is 0. The fraction of sp³-hybridized carbons (Fsp3) is 0.625. The van der Waals surface area contributed by atoms with Crippen molar-refractivity contribution in [1.82, 2.24) is 9.78 Å². The normalized spacial score (nSPS) is 12.0. The van der Waals surface area contributed by atoms with Crippen LogP contribution in [0, 0.1) is 16.0 Å². The number of nitro groups is 1. The summed E-state index contributed by atoms with van der Waals surface area (Å²) < 4.78 is 24.7. The Balaban J connectivity index is 3.27. The van der Waals surface area contributed by atoms with Gasteiger partial charge in [0.05, 0.1) is 10.7 Å². The lowest BCUT2D eigenvalue weighted by Crippen LogP contribution is -2.14. The molecule has 8 heteroatoms. The second-order valence-electron chi connectivity index (χ2n) is 3.93. The second-order valence-corrected chi connectivity index (χ2v) is 5.88. The molecule has 0 aromatic carbocycles. The molecular weight excluding hydrogens is 234 g/mol. The Kier molecular flexibility index (Phi) is 3.32. The summed E-state index contributed by atoms with van der Waals surface area (Å²) in [6, 6.07) is 0. The minimum Gasteiger partial charge on any atom is -0.267 e. The third-order valence-electron chi connectivity index (χ3n) is 1.82. The van der Waals surface area contributed by atoms with Gasteiger partial charge < -0.3 is 0 Å². The number of hydrogen-bond acceptors (Lipinski definition) is 5. The lowest BCUT2D eigenvalue weighted by atomic mass is 10.3. The smallest absolute Gasteiger partial charge is 0.267 e. The van der Waals surface area contributed by atoms with E-state index in [1.807, 2.05) is 0 Å². The summed E-state index contributed by atoms with van der Waals surface area (Å²) in [5.74, 6) is -0.253.